The summed E-state index contributed by atoms with van der Waals surface area (Å²) in [5, 5.41) is 3.94. The molecule has 2 aromatic rings. The van der Waals surface area contributed by atoms with Crippen molar-refractivity contribution in [1.29, 1.82) is 0 Å². The standard InChI is InChI=1S/C23H32N4O4/c1-18(28)27(15-13-21-24-22(17-30-2)31-25-21)20-11-7-14-26(16-20)23(29)12-6-10-19-8-4-3-5-9-19/h3-5,8-9,20H,6-7,10-17H2,1-2H3. The van der Waals surface area contributed by atoms with Crippen molar-refractivity contribution < 1.29 is 18.8 Å². The number of carbonyl (C=O) groups is 2. The third kappa shape index (κ3) is 6.89. The number of likely N-dealkylation sites (tertiary alicyclic amines) is 1. The van der Waals surface area contributed by atoms with E-state index >= 15 is 0 Å². The van der Waals surface area contributed by atoms with E-state index in [0.717, 1.165) is 32.2 Å². The summed E-state index contributed by atoms with van der Waals surface area (Å²) in [7, 11) is 1.57. The normalized spacial score (nSPS) is 16.3. The third-order valence-corrected chi connectivity index (χ3v) is 5.65. The number of carbonyl (C=O) groups excluding carboxylic acids is 2. The molecule has 8 heteroatoms. The molecule has 1 aliphatic heterocycles. The van der Waals surface area contributed by atoms with Gasteiger partial charge >= 0.3 is 0 Å². The van der Waals surface area contributed by atoms with Crippen molar-refractivity contribution in [1.82, 2.24) is 19.9 Å². The Balaban J connectivity index is 1.49. The zero-order valence-corrected chi connectivity index (χ0v) is 18.5. The van der Waals surface area contributed by atoms with Crippen molar-refractivity contribution in [3.05, 3.63) is 47.6 Å². The van der Waals surface area contributed by atoms with Crippen LogP contribution in [0.1, 0.15) is 49.9 Å². The van der Waals surface area contributed by atoms with Crippen molar-refractivity contribution in [3.8, 4) is 0 Å². The summed E-state index contributed by atoms with van der Waals surface area (Å²) < 4.78 is 10.1. The van der Waals surface area contributed by atoms with Gasteiger partial charge in [0.2, 0.25) is 11.8 Å². The Bertz CT molecular complexity index is 839. The molecular weight excluding hydrogens is 396 g/mol. The van der Waals surface area contributed by atoms with Gasteiger partial charge in [0.15, 0.2) is 5.82 Å². The molecule has 0 saturated carbocycles. The maximum absolute atomic E-state index is 12.7. The van der Waals surface area contributed by atoms with Crippen LogP contribution >= 0.6 is 0 Å². The summed E-state index contributed by atoms with van der Waals surface area (Å²) in [4.78, 5) is 33.1. The van der Waals surface area contributed by atoms with E-state index < -0.39 is 0 Å². The first-order valence-corrected chi connectivity index (χ1v) is 11.0. The molecule has 0 bridgehead atoms. The lowest BCUT2D eigenvalue weighted by atomic mass is 10.0. The molecule has 0 spiro atoms. The first kappa shape index (κ1) is 22.9. The van der Waals surface area contributed by atoms with Gasteiger partial charge in [0.25, 0.3) is 5.89 Å². The van der Waals surface area contributed by atoms with E-state index in [4.69, 9.17) is 9.26 Å². The van der Waals surface area contributed by atoms with E-state index in [1.54, 1.807) is 14.0 Å². The van der Waals surface area contributed by atoms with Crippen LogP contribution in [0.15, 0.2) is 34.9 Å². The van der Waals surface area contributed by atoms with Gasteiger partial charge in [0.1, 0.15) is 6.61 Å². The van der Waals surface area contributed by atoms with Crippen LogP contribution in [0.3, 0.4) is 0 Å². The molecule has 3 rings (SSSR count). The number of amides is 2. The maximum atomic E-state index is 12.7. The van der Waals surface area contributed by atoms with E-state index in [-0.39, 0.29) is 24.5 Å². The van der Waals surface area contributed by atoms with Crippen LogP contribution in [-0.4, -0.2) is 64.5 Å². The molecule has 2 amide bonds. The lowest BCUT2D eigenvalue weighted by Gasteiger charge is -2.39. The molecule has 2 heterocycles. The summed E-state index contributed by atoms with van der Waals surface area (Å²) in [6.07, 6.45) is 4.58. The molecule has 1 saturated heterocycles. The fourth-order valence-corrected chi connectivity index (χ4v) is 4.07. The number of hydrogen-bond acceptors (Lipinski definition) is 6. The van der Waals surface area contributed by atoms with Gasteiger partial charge in [-0.15, -0.1) is 0 Å². The van der Waals surface area contributed by atoms with Crippen molar-refractivity contribution in [2.24, 2.45) is 0 Å². The highest BCUT2D eigenvalue weighted by Gasteiger charge is 2.29. The Morgan fingerprint density at radius 3 is 2.81 bits per heavy atom. The molecule has 0 aliphatic carbocycles. The van der Waals surface area contributed by atoms with Gasteiger partial charge in [0.05, 0.1) is 0 Å². The van der Waals surface area contributed by atoms with Crippen LogP contribution in [0.4, 0.5) is 0 Å². The molecule has 1 aromatic carbocycles. The second-order valence-electron chi connectivity index (χ2n) is 7.97. The minimum Gasteiger partial charge on any atom is -0.375 e. The topological polar surface area (TPSA) is 88.8 Å². The van der Waals surface area contributed by atoms with Crippen LogP contribution in [0.2, 0.25) is 0 Å². The number of aromatic nitrogens is 2. The van der Waals surface area contributed by atoms with Crippen LogP contribution in [0, 0.1) is 0 Å². The minimum absolute atomic E-state index is 0.00369. The van der Waals surface area contributed by atoms with Gasteiger partial charge in [-0.1, -0.05) is 35.5 Å². The van der Waals surface area contributed by atoms with Gasteiger partial charge in [-0.25, -0.2) is 0 Å². The largest absolute Gasteiger partial charge is 0.375 e. The van der Waals surface area contributed by atoms with Crippen molar-refractivity contribution in [2.75, 3.05) is 26.7 Å². The highest BCUT2D eigenvalue weighted by Crippen LogP contribution is 2.18. The zero-order valence-electron chi connectivity index (χ0n) is 18.5. The molecule has 1 aromatic heterocycles. The van der Waals surface area contributed by atoms with Crippen LogP contribution in [-0.2, 0) is 33.8 Å². The molecule has 168 valence electrons. The number of nitrogens with zero attached hydrogens (tertiary/aromatic N) is 4. The molecule has 1 fully saturated rings. The number of piperidine rings is 1. The highest BCUT2D eigenvalue weighted by molar-refractivity contribution is 5.77. The van der Waals surface area contributed by atoms with E-state index in [1.807, 2.05) is 28.0 Å². The molecule has 31 heavy (non-hydrogen) atoms. The number of benzene rings is 1. The maximum Gasteiger partial charge on any atom is 0.252 e. The molecule has 8 nitrogen and oxygen atoms in total. The van der Waals surface area contributed by atoms with Crippen LogP contribution in [0.5, 0.6) is 0 Å². The summed E-state index contributed by atoms with van der Waals surface area (Å²) in [5.74, 6) is 1.16. The smallest absolute Gasteiger partial charge is 0.252 e. The predicted octanol–water partition coefficient (Wildman–Crippen LogP) is 2.62. The van der Waals surface area contributed by atoms with E-state index in [0.29, 0.717) is 37.6 Å². The lowest BCUT2D eigenvalue weighted by Crippen LogP contribution is -2.51. The fraction of sp³-hybridized carbons (Fsp3) is 0.565. The van der Waals surface area contributed by atoms with Gasteiger partial charge in [-0.05, 0) is 31.2 Å². The third-order valence-electron chi connectivity index (χ3n) is 5.65. The molecule has 0 N–H and O–H groups in total. The van der Waals surface area contributed by atoms with Crippen molar-refractivity contribution >= 4 is 11.8 Å². The summed E-state index contributed by atoms with van der Waals surface area (Å²) in [6, 6.07) is 10.3. The quantitative estimate of drug-likeness (QED) is 0.578. The molecular formula is C23H32N4O4. The molecule has 1 aliphatic rings. The van der Waals surface area contributed by atoms with Crippen LogP contribution < -0.4 is 0 Å². The SMILES string of the molecule is COCc1nc(CCN(C(C)=O)C2CCCN(C(=O)CCCc3ccccc3)C2)no1. The Labute approximate surface area is 183 Å². The Hall–Kier alpha value is -2.74. The number of hydrogen-bond donors (Lipinski definition) is 0. The van der Waals surface area contributed by atoms with Gasteiger partial charge in [-0.3, -0.25) is 9.59 Å². The number of rotatable bonds is 10. The molecule has 1 atom stereocenters. The first-order valence-electron chi connectivity index (χ1n) is 11.0. The van der Waals surface area contributed by atoms with Gasteiger partial charge < -0.3 is 19.1 Å². The second-order valence-corrected chi connectivity index (χ2v) is 7.97. The Kier molecular flexibility index (Phi) is 8.58. The summed E-state index contributed by atoms with van der Waals surface area (Å²) in [6.45, 7) is 3.70. The van der Waals surface area contributed by atoms with E-state index in [1.165, 1.54) is 5.56 Å². The first-order chi connectivity index (χ1) is 15.1. The molecule has 0 radical (unpaired) electrons. The van der Waals surface area contributed by atoms with Gasteiger partial charge in [0, 0.05) is 52.6 Å². The second kappa shape index (κ2) is 11.6. The average molecular weight is 429 g/mol. The average Bonchev–Trinajstić information content (AvgIpc) is 3.22. The van der Waals surface area contributed by atoms with E-state index in [2.05, 4.69) is 22.3 Å². The number of methoxy groups -OCH3 is 1. The minimum atomic E-state index is 0.00369. The molecule has 1 unspecified atom stereocenters. The van der Waals surface area contributed by atoms with Crippen molar-refractivity contribution in [3.63, 3.8) is 0 Å². The number of aryl methyl sites for hydroxylation is 1. The van der Waals surface area contributed by atoms with Crippen molar-refractivity contribution in [2.45, 2.75) is 58.1 Å². The highest BCUT2D eigenvalue weighted by atomic mass is 16.5. The Morgan fingerprint density at radius 1 is 1.26 bits per heavy atom. The number of ether oxygens (including phenoxy) is 1. The van der Waals surface area contributed by atoms with E-state index in [9.17, 15) is 9.59 Å². The predicted molar refractivity (Wildman–Crippen MR) is 115 cm³/mol. The van der Waals surface area contributed by atoms with Crippen LogP contribution in [0.25, 0.3) is 0 Å². The Morgan fingerprint density at radius 2 is 2.06 bits per heavy atom. The van der Waals surface area contributed by atoms with Gasteiger partial charge in [-0.2, -0.15) is 4.98 Å². The summed E-state index contributed by atoms with van der Waals surface area (Å²) in [5.41, 5.74) is 1.25. The summed E-state index contributed by atoms with van der Waals surface area (Å²) >= 11 is 0. The fourth-order valence-electron chi connectivity index (χ4n) is 4.07. The monoisotopic (exact) mass is 428 g/mol. The lowest BCUT2D eigenvalue weighted by molar-refractivity contribution is -0.138. The zero-order chi connectivity index (χ0) is 22.1.